The van der Waals surface area contributed by atoms with Crippen molar-refractivity contribution in [2.75, 3.05) is 0 Å². The monoisotopic (exact) mass is 600 g/mol. The number of hydrogen-bond acceptors (Lipinski definition) is 3. The highest BCUT2D eigenvalue weighted by molar-refractivity contribution is 7.25. The molecule has 0 aliphatic rings. The first-order chi connectivity index (χ1) is 20.5. The highest BCUT2D eigenvalue weighted by Crippen LogP contribution is 2.40. The van der Waals surface area contributed by atoms with Gasteiger partial charge in [-0.25, -0.2) is 0 Å². The van der Waals surface area contributed by atoms with Gasteiger partial charge in [0.2, 0.25) is 0 Å². The second-order valence-electron chi connectivity index (χ2n) is 10.2. The normalized spacial score (nSPS) is 12.4. The molecular weight excluding hydrogens is 582 g/mol. The van der Waals surface area contributed by atoms with Crippen LogP contribution in [0, 0.1) is 0 Å². The van der Waals surface area contributed by atoms with Gasteiger partial charge in [0.15, 0.2) is 0 Å². The molecule has 0 radical (unpaired) electrons. The molecule has 0 amide bonds. The van der Waals surface area contributed by atoms with E-state index in [1.165, 1.54) is 32.3 Å². The van der Waals surface area contributed by atoms with E-state index in [2.05, 4.69) is 40.3 Å². The Kier molecular flexibility index (Phi) is 6.25. The maximum Gasteiger partial charge on any atom is 0.416 e. The molecule has 9 heteroatoms. The highest BCUT2D eigenvalue weighted by atomic mass is 32.1. The van der Waals surface area contributed by atoms with Gasteiger partial charge in [0.05, 0.1) is 22.3 Å². The minimum atomic E-state index is -4.92. The summed E-state index contributed by atoms with van der Waals surface area (Å²) in [6.45, 7) is 0. The Hall–Kier alpha value is -4.76. The number of thiophene rings is 1. The summed E-state index contributed by atoms with van der Waals surface area (Å²) in [4.78, 5) is 9.13. The average Bonchev–Trinajstić information content (AvgIpc) is 3.37. The number of hydrogen-bond donors (Lipinski definition) is 0. The molecule has 0 bridgehead atoms. The summed E-state index contributed by atoms with van der Waals surface area (Å²) >= 11 is 1.75. The van der Waals surface area contributed by atoms with Crippen LogP contribution in [0.4, 0.5) is 26.3 Å². The molecule has 7 rings (SSSR count). The summed E-state index contributed by atoms with van der Waals surface area (Å²) in [7, 11) is 0. The molecule has 4 aromatic carbocycles. The molecule has 0 spiro atoms. The zero-order valence-corrected chi connectivity index (χ0v) is 22.8. The number of rotatable bonds is 3. The van der Waals surface area contributed by atoms with E-state index in [-0.39, 0.29) is 17.2 Å². The summed E-state index contributed by atoms with van der Waals surface area (Å²) in [5.74, 6) is 0. The second-order valence-corrected chi connectivity index (χ2v) is 11.3. The first-order valence-electron chi connectivity index (χ1n) is 13.1. The number of benzene rings is 4. The van der Waals surface area contributed by atoms with Crippen molar-refractivity contribution in [3.63, 3.8) is 0 Å². The van der Waals surface area contributed by atoms with E-state index in [1.807, 2.05) is 30.3 Å². The van der Waals surface area contributed by atoms with Gasteiger partial charge in [0.1, 0.15) is 0 Å². The smallest absolute Gasteiger partial charge is 0.256 e. The van der Waals surface area contributed by atoms with Crippen LogP contribution < -0.4 is 0 Å². The SMILES string of the molecule is FC(F)(F)c1cc(-c2ccc3cc(-c4ccc(-c5ccc6sc7ccccc7c6c5)nc4)cnc3c2)cc(C(F)(F)F)c1. The van der Waals surface area contributed by atoms with Crippen molar-refractivity contribution in [2.45, 2.75) is 12.4 Å². The molecule has 43 heavy (non-hydrogen) atoms. The third-order valence-electron chi connectivity index (χ3n) is 7.37. The van der Waals surface area contributed by atoms with E-state index in [0.29, 0.717) is 10.9 Å². The average molecular weight is 601 g/mol. The molecule has 3 heterocycles. The van der Waals surface area contributed by atoms with Gasteiger partial charge in [0.25, 0.3) is 0 Å². The second kappa shape index (κ2) is 9.91. The van der Waals surface area contributed by atoms with Crippen LogP contribution in [-0.4, -0.2) is 9.97 Å². The number of nitrogens with zero attached hydrogens (tertiary/aromatic N) is 2. The van der Waals surface area contributed by atoms with Crippen LogP contribution >= 0.6 is 11.3 Å². The number of pyridine rings is 2. The lowest BCUT2D eigenvalue weighted by Gasteiger charge is -2.14. The van der Waals surface area contributed by atoms with Crippen molar-refractivity contribution in [1.29, 1.82) is 0 Å². The first-order valence-corrected chi connectivity index (χ1v) is 13.9. The van der Waals surface area contributed by atoms with Gasteiger partial charge < -0.3 is 0 Å². The fraction of sp³-hybridized carbons (Fsp3) is 0.0588. The summed E-state index contributed by atoms with van der Waals surface area (Å²) in [5.41, 5.74) is 1.13. The topological polar surface area (TPSA) is 25.8 Å². The van der Waals surface area contributed by atoms with Crippen molar-refractivity contribution in [1.82, 2.24) is 9.97 Å². The Morgan fingerprint density at radius 2 is 1.16 bits per heavy atom. The van der Waals surface area contributed by atoms with Gasteiger partial charge in [-0.1, -0.05) is 42.5 Å². The maximum absolute atomic E-state index is 13.4. The predicted octanol–water partition coefficient (Wildman–Crippen LogP) is 11.0. The quantitative estimate of drug-likeness (QED) is 0.189. The lowest BCUT2D eigenvalue weighted by atomic mass is 9.97. The maximum atomic E-state index is 13.4. The van der Waals surface area contributed by atoms with Crippen molar-refractivity contribution in [3.05, 3.63) is 121 Å². The van der Waals surface area contributed by atoms with E-state index in [0.717, 1.165) is 34.5 Å². The molecule has 0 atom stereocenters. The molecule has 0 fully saturated rings. The standard InChI is InChI=1S/C34H18F6N2S/c35-33(36,37)25-12-23(13-26(16-25)34(38,39)40)19-5-6-20-11-24(18-42-30(20)15-19)22-7-9-29(41-17-22)21-8-10-32-28(14-21)27-3-1-2-4-31(27)43-32/h1-18H. The van der Waals surface area contributed by atoms with Crippen molar-refractivity contribution >= 4 is 42.4 Å². The van der Waals surface area contributed by atoms with Gasteiger partial charge in [-0.2, -0.15) is 26.3 Å². The number of fused-ring (bicyclic) bond motifs is 4. The lowest BCUT2D eigenvalue weighted by molar-refractivity contribution is -0.143. The molecule has 0 aliphatic carbocycles. The predicted molar refractivity (Wildman–Crippen MR) is 159 cm³/mol. The minimum Gasteiger partial charge on any atom is -0.256 e. The van der Waals surface area contributed by atoms with Crippen LogP contribution in [0.3, 0.4) is 0 Å². The van der Waals surface area contributed by atoms with E-state index < -0.39 is 23.5 Å². The van der Waals surface area contributed by atoms with E-state index >= 15 is 0 Å². The summed E-state index contributed by atoms with van der Waals surface area (Å²) in [6.07, 6.45) is -6.48. The molecule has 0 saturated heterocycles. The number of aromatic nitrogens is 2. The van der Waals surface area contributed by atoms with E-state index in [4.69, 9.17) is 0 Å². The Morgan fingerprint density at radius 3 is 1.88 bits per heavy atom. The molecule has 2 nitrogen and oxygen atoms in total. The molecule has 7 aromatic rings. The summed E-state index contributed by atoms with van der Waals surface area (Å²) in [5, 5.41) is 3.07. The largest absolute Gasteiger partial charge is 0.416 e. The van der Waals surface area contributed by atoms with Crippen molar-refractivity contribution in [2.24, 2.45) is 0 Å². The fourth-order valence-electron chi connectivity index (χ4n) is 5.20. The first kappa shape index (κ1) is 27.1. The molecule has 212 valence electrons. The Bertz CT molecular complexity index is 2130. The molecule has 0 N–H and O–H groups in total. The molecule has 0 aliphatic heterocycles. The van der Waals surface area contributed by atoms with E-state index in [9.17, 15) is 26.3 Å². The zero-order valence-electron chi connectivity index (χ0n) is 22.0. The summed E-state index contributed by atoms with van der Waals surface area (Å²) in [6, 6.07) is 26.5. The van der Waals surface area contributed by atoms with Crippen LogP contribution in [-0.2, 0) is 12.4 Å². The zero-order chi connectivity index (χ0) is 29.9. The van der Waals surface area contributed by atoms with Crippen LogP contribution in [0.15, 0.2) is 109 Å². The number of alkyl halides is 6. The molecular formula is C34H18F6N2S. The lowest BCUT2D eigenvalue weighted by Crippen LogP contribution is -2.11. The van der Waals surface area contributed by atoms with Gasteiger partial charge >= 0.3 is 12.4 Å². The van der Waals surface area contributed by atoms with Gasteiger partial charge in [-0.15, -0.1) is 11.3 Å². The van der Waals surface area contributed by atoms with Crippen molar-refractivity contribution in [3.8, 4) is 33.5 Å². The molecule has 3 aromatic heterocycles. The van der Waals surface area contributed by atoms with E-state index in [1.54, 1.807) is 29.8 Å². The Morgan fingerprint density at radius 1 is 0.488 bits per heavy atom. The molecule has 0 unspecified atom stereocenters. The number of halogens is 6. The molecule has 0 saturated carbocycles. The minimum absolute atomic E-state index is 0.122. The van der Waals surface area contributed by atoms with Crippen LogP contribution in [0.1, 0.15) is 11.1 Å². The highest BCUT2D eigenvalue weighted by Gasteiger charge is 2.37. The Balaban J connectivity index is 1.20. The van der Waals surface area contributed by atoms with Crippen molar-refractivity contribution < 1.29 is 26.3 Å². The van der Waals surface area contributed by atoms with Crippen LogP contribution in [0.5, 0.6) is 0 Å². The van der Waals surface area contributed by atoms with Crippen LogP contribution in [0.2, 0.25) is 0 Å². The fourth-order valence-corrected chi connectivity index (χ4v) is 6.29. The summed E-state index contributed by atoms with van der Waals surface area (Å²) < 4.78 is 82.6. The van der Waals surface area contributed by atoms with Gasteiger partial charge in [-0.3, -0.25) is 9.97 Å². The van der Waals surface area contributed by atoms with Gasteiger partial charge in [-0.05, 0) is 65.7 Å². The third-order valence-corrected chi connectivity index (χ3v) is 8.53. The Labute approximate surface area is 244 Å². The third kappa shape index (κ3) is 5.10. The van der Waals surface area contributed by atoms with Crippen LogP contribution in [0.25, 0.3) is 64.6 Å². The van der Waals surface area contributed by atoms with Gasteiger partial charge in [0, 0.05) is 54.6 Å².